The van der Waals surface area contributed by atoms with Crippen molar-refractivity contribution in [3.05, 3.63) is 18.2 Å². The highest BCUT2D eigenvalue weighted by Gasteiger charge is 2.23. The molecule has 0 aliphatic rings. The van der Waals surface area contributed by atoms with E-state index in [1.807, 2.05) is 0 Å². The Kier molecular flexibility index (Phi) is 5.05. The van der Waals surface area contributed by atoms with Crippen molar-refractivity contribution >= 4 is 31.3 Å². The van der Waals surface area contributed by atoms with Crippen molar-refractivity contribution < 1.29 is 17.9 Å². The lowest BCUT2D eigenvalue weighted by Gasteiger charge is -2.19. The molecule has 1 rings (SSSR count). The molecule has 20 heavy (non-hydrogen) atoms. The van der Waals surface area contributed by atoms with Gasteiger partial charge in [0, 0.05) is 16.1 Å². The number of carbonyl (C=O) groups is 1. The topological polar surface area (TPSA) is 72.5 Å². The van der Waals surface area contributed by atoms with E-state index in [0.29, 0.717) is 12.4 Å². The van der Waals surface area contributed by atoms with E-state index < -0.39 is 14.5 Å². The van der Waals surface area contributed by atoms with Crippen LogP contribution in [0, 0.1) is 5.41 Å². The van der Waals surface area contributed by atoms with Crippen LogP contribution >= 0.6 is 10.7 Å². The van der Waals surface area contributed by atoms with Crippen LogP contribution in [0.1, 0.15) is 27.7 Å². The Morgan fingerprint density at radius 2 is 1.95 bits per heavy atom. The third-order valence-corrected chi connectivity index (χ3v) is 3.81. The Labute approximate surface area is 123 Å². The molecular formula is C13H18ClNO4S. The van der Waals surface area contributed by atoms with Gasteiger partial charge in [0.25, 0.3) is 9.05 Å². The molecule has 0 radical (unpaired) electrons. The van der Waals surface area contributed by atoms with Gasteiger partial charge in [-0.3, -0.25) is 4.79 Å². The first-order chi connectivity index (χ1) is 9.05. The Balaban J connectivity index is 3.23. The van der Waals surface area contributed by atoms with Gasteiger partial charge >= 0.3 is 0 Å². The van der Waals surface area contributed by atoms with Gasteiger partial charge in [-0.2, -0.15) is 0 Å². The van der Waals surface area contributed by atoms with Crippen LogP contribution < -0.4 is 10.1 Å². The third-order valence-electron chi connectivity index (χ3n) is 2.46. The van der Waals surface area contributed by atoms with Gasteiger partial charge in [0.15, 0.2) is 0 Å². The van der Waals surface area contributed by atoms with Crippen LogP contribution in [0.4, 0.5) is 5.69 Å². The molecule has 1 amide bonds. The zero-order valence-electron chi connectivity index (χ0n) is 11.9. The molecular weight excluding hydrogens is 302 g/mol. The number of carbonyl (C=O) groups excluding carboxylic acids is 1. The van der Waals surface area contributed by atoms with E-state index in [1.165, 1.54) is 18.2 Å². The number of anilines is 1. The van der Waals surface area contributed by atoms with Crippen molar-refractivity contribution in [3.63, 3.8) is 0 Å². The largest absolute Gasteiger partial charge is 0.492 e. The van der Waals surface area contributed by atoms with Crippen LogP contribution in [0.5, 0.6) is 5.75 Å². The number of amides is 1. The maximum Gasteiger partial charge on any atom is 0.261 e. The molecule has 0 fully saturated rings. The molecule has 5 nitrogen and oxygen atoms in total. The molecule has 0 bridgehead atoms. The predicted molar refractivity (Wildman–Crippen MR) is 78.7 cm³/mol. The van der Waals surface area contributed by atoms with Crippen LogP contribution in [-0.4, -0.2) is 20.9 Å². The Morgan fingerprint density at radius 3 is 2.40 bits per heavy atom. The summed E-state index contributed by atoms with van der Waals surface area (Å²) in [5, 5.41) is 2.66. The average molecular weight is 320 g/mol. The van der Waals surface area contributed by atoms with Gasteiger partial charge < -0.3 is 10.1 Å². The van der Waals surface area contributed by atoms with Gasteiger partial charge in [-0.15, -0.1) is 0 Å². The molecule has 0 saturated carbocycles. The minimum atomic E-state index is -3.86. The highest BCUT2D eigenvalue weighted by molar-refractivity contribution is 8.13. The van der Waals surface area contributed by atoms with Gasteiger partial charge in [0.05, 0.1) is 17.2 Å². The van der Waals surface area contributed by atoms with Crippen molar-refractivity contribution in [2.45, 2.75) is 32.6 Å². The summed E-state index contributed by atoms with van der Waals surface area (Å²) >= 11 is 0. The Bertz CT molecular complexity index is 605. The molecule has 0 saturated heterocycles. The summed E-state index contributed by atoms with van der Waals surface area (Å²) in [6, 6.07) is 4.09. The summed E-state index contributed by atoms with van der Waals surface area (Å²) in [5.74, 6) is 0.150. The highest BCUT2D eigenvalue weighted by Crippen LogP contribution is 2.30. The fourth-order valence-corrected chi connectivity index (χ4v) is 2.13. The number of rotatable bonds is 4. The van der Waals surface area contributed by atoms with Gasteiger partial charge in [-0.25, -0.2) is 8.42 Å². The monoisotopic (exact) mass is 319 g/mol. The minimum absolute atomic E-state index is 0.0909. The number of nitrogens with one attached hydrogen (secondary N) is 1. The van der Waals surface area contributed by atoms with E-state index in [4.69, 9.17) is 15.4 Å². The summed E-state index contributed by atoms with van der Waals surface area (Å²) in [4.78, 5) is 11.9. The Hall–Kier alpha value is -1.27. The van der Waals surface area contributed by atoms with Crippen molar-refractivity contribution in [1.82, 2.24) is 0 Å². The molecule has 1 aromatic carbocycles. The third kappa shape index (κ3) is 4.38. The fraction of sp³-hybridized carbons (Fsp3) is 0.462. The first-order valence-corrected chi connectivity index (χ1v) is 8.39. The zero-order chi connectivity index (χ0) is 15.6. The lowest BCUT2D eigenvalue weighted by Crippen LogP contribution is -2.27. The van der Waals surface area contributed by atoms with E-state index in [1.54, 1.807) is 27.7 Å². The van der Waals surface area contributed by atoms with Crippen LogP contribution in [0.2, 0.25) is 0 Å². The maximum atomic E-state index is 12.0. The summed E-state index contributed by atoms with van der Waals surface area (Å²) in [6.07, 6.45) is 0. The normalized spacial score (nSPS) is 12.1. The minimum Gasteiger partial charge on any atom is -0.492 e. The van der Waals surface area contributed by atoms with Crippen molar-refractivity contribution in [3.8, 4) is 5.75 Å². The average Bonchev–Trinajstić information content (AvgIpc) is 2.28. The molecule has 112 valence electrons. The molecule has 0 atom stereocenters. The second-order valence-electron chi connectivity index (χ2n) is 5.23. The lowest BCUT2D eigenvalue weighted by molar-refractivity contribution is -0.123. The second-order valence-corrected chi connectivity index (χ2v) is 7.80. The molecule has 0 unspecified atom stereocenters. The van der Waals surface area contributed by atoms with E-state index in [-0.39, 0.29) is 16.5 Å². The smallest absolute Gasteiger partial charge is 0.261 e. The van der Waals surface area contributed by atoms with Gasteiger partial charge in [-0.1, -0.05) is 20.8 Å². The summed E-state index contributed by atoms with van der Waals surface area (Å²) in [7, 11) is 1.44. The van der Waals surface area contributed by atoms with E-state index in [9.17, 15) is 13.2 Å². The van der Waals surface area contributed by atoms with Gasteiger partial charge in [0.1, 0.15) is 5.75 Å². The summed E-state index contributed by atoms with van der Waals surface area (Å²) in [5.41, 5.74) is -0.326. The second kappa shape index (κ2) is 6.01. The number of hydrogen-bond donors (Lipinski definition) is 1. The Morgan fingerprint density at radius 1 is 1.35 bits per heavy atom. The quantitative estimate of drug-likeness (QED) is 0.866. The SMILES string of the molecule is CCOc1ccc(S(=O)(=O)Cl)cc1NC(=O)C(C)(C)C. The molecule has 0 heterocycles. The van der Waals surface area contributed by atoms with Crippen molar-refractivity contribution in [2.24, 2.45) is 5.41 Å². The van der Waals surface area contributed by atoms with Gasteiger partial charge in [-0.05, 0) is 25.1 Å². The predicted octanol–water partition coefficient (Wildman–Crippen LogP) is 3.00. The van der Waals surface area contributed by atoms with Crippen LogP contribution in [-0.2, 0) is 13.8 Å². The van der Waals surface area contributed by atoms with Crippen LogP contribution in [0.25, 0.3) is 0 Å². The zero-order valence-corrected chi connectivity index (χ0v) is 13.4. The lowest BCUT2D eigenvalue weighted by atomic mass is 9.95. The van der Waals surface area contributed by atoms with Crippen LogP contribution in [0.15, 0.2) is 23.1 Å². The van der Waals surface area contributed by atoms with Crippen molar-refractivity contribution in [1.29, 1.82) is 0 Å². The fourth-order valence-electron chi connectivity index (χ4n) is 1.35. The highest BCUT2D eigenvalue weighted by atomic mass is 35.7. The maximum absolute atomic E-state index is 12.0. The molecule has 0 aliphatic heterocycles. The first-order valence-electron chi connectivity index (χ1n) is 6.08. The number of hydrogen-bond acceptors (Lipinski definition) is 4. The summed E-state index contributed by atoms with van der Waals surface area (Å²) < 4.78 is 28.1. The molecule has 1 aromatic rings. The van der Waals surface area contributed by atoms with Gasteiger partial charge in [0.2, 0.25) is 5.91 Å². The number of halogens is 1. The van der Waals surface area contributed by atoms with Crippen molar-refractivity contribution in [2.75, 3.05) is 11.9 Å². The van der Waals surface area contributed by atoms with E-state index >= 15 is 0 Å². The number of ether oxygens (including phenoxy) is 1. The molecule has 0 spiro atoms. The molecule has 0 aromatic heterocycles. The molecule has 0 aliphatic carbocycles. The number of benzene rings is 1. The van der Waals surface area contributed by atoms with E-state index in [0.717, 1.165) is 0 Å². The summed E-state index contributed by atoms with van der Waals surface area (Å²) in [6.45, 7) is 7.45. The standard InChI is InChI=1S/C13H18ClNO4S/c1-5-19-11-7-6-9(20(14,17)18)8-10(11)15-12(16)13(2,3)4/h6-8H,5H2,1-4H3,(H,15,16). The first kappa shape index (κ1) is 16.8. The molecule has 7 heteroatoms. The van der Waals surface area contributed by atoms with Crippen LogP contribution in [0.3, 0.4) is 0 Å². The molecule has 1 N–H and O–H groups in total. The van der Waals surface area contributed by atoms with E-state index in [2.05, 4.69) is 5.32 Å².